The van der Waals surface area contributed by atoms with E-state index in [-0.39, 0.29) is 6.54 Å². The highest BCUT2D eigenvalue weighted by molar-refractivity contribution is 7.21. The van der Waals surface area contributed by atoms with Crippen molar-refractivity contribution in [1.82, 2.24) is 5.32 Å². The number of hydrogen-bond donors (Lipinski definition) is 3. The van der Waals surface area contributed by atoms with Crippen LogP contribution in [0.25, 0.3) is 10.1 Å². The second kappa shape index (κ2) is 5.56. The normalized spacial score (nSPS) is 12.3. The summed E-state index contributed by atoms with van der Waals surface area (Å²) in [5.41, 5.74) is 0. The number of carboxylic acids is 1. The Morgan fingerprint density at radius 3 is 2.68 bits per heavy atom. The van der Waals surface area contributed by atoms with Gasteiger partial charge in [0.2, 0.25) is 0 Å². The standard InChI is InChI=1S/C12H10ClNO4S/c13-9-6-3-1-2-4-8(6)19-10(9)11(16)14-5-7(15)12(17)18/h1-4,7,15H,5H2,(H,14,16)(H,17,18)/t7-/m0/s1. The predicted octanol–water partition coefficient (Wildman–Crippen LogP) is 1.73. The Morgan fingerprint density at radius 1 is 1.37 bits per heavy atom. The number of nitrogens with one attached hydrogen (secondary N) is 1. The first-order chi connectivity index (χ1) is 9.00. The minimum absolute atomic E-state index is 0.306. The summed E-state index contributed by atoms with van der Waals surface area (Å²) in [6.45, 7) is -0.362. The van der Waals surface area contributed by atoms with E-state index in [2.05, 4.69) is 5.32 Å². The predicted molar refractivity (Wildman–Crippen MR) is 72.8 cm³/mol. The summed E-state index contributed by atoms with van der Waals surface area (Å²) in [4.78, 5) is 22.6. The number of thiophene rings is 1. The molecule has 19 heavy (non-hydrogen) atoms. The molecule has 0 aliphatic carbocycles. The molecule has 100 valence electrons. The maximum Gasteiger partial charge on any atom is 0.334 e. The molecule has 0 saturated heterocycles. The largest absolute Gasteiger partial charge is 0.479 e. The van der Waals surface area contributed by atoms with E-state index < -0.39 is 18.0 Å². The number of rotatable bonds is 4. The molecule has 0 radical (unpaired) electrons. The van der Waals surface area contributed by atoms with Crippen LogP contribution in [0.4, 0.5) is 0 Å². The molecule has 5 nitrogen and oxygen atoms in total. The molecule has 7 heteroatoms. The SMILES string of the molecule is O=C(NC[C@H](O)C(=O)O)c1sc2ccccc2c1Cl. The third kappa shape index (κ3) is 2.86. The van der Waals surface area contributed by atoms with Crippen molar-refractivity contribution >= 4 is 44.9 Å². The molecule has 0 spiro atoms. The Labute approximate surface area is 117 Å². The number of aliphatic hydroxyl groups excluding tert-OH is 1. The number of aliphatic hydroxyl groups is 1. The summed E-state index contributed by atoms with van der Waals surface area (Å²) in [5, 5.41) is 21.0. The Morgan fingerprint density at radius 2 is 2.05 bits per heavy atom. The third-order valence-electron chi connectivity index (χ3n) is 2.48. The lowest BCUT2D eigenvalue weighted by Crippen LogP contribution is -2.36. The number of carboxylic acid groups (broad SMARTS) is 1. The van der Waals surface area contributed by atoms with Gasteiger partial charge in [-0.25, -0.2) is 4.79 Å². The van der Waals surface area contributed by atoms with Crippen molar-refractivity contribution in [2.45, 2.75) is 6.10 Å². The van der Waals surface area contributed by atoms with Gasteiger partial charge in [0.05, 0.1) is 11.6 Å². The Bertz CT molecular complexity index is 640. The number of fused-ring (bicyclic) bond motifs is 1. The summed E-state index contributed by atoms with van der Waals surface area (Å²) in [7, 11) is 0. The van der Waals surface area contributed by atoms with Crippen LogP contribution < -0.4 is 5.32 Å². The number of halogens is 1. The lowest BCUT2D eigenvalue weighted by atomic mass is 10.2. The lowest BCUT2D eigenvalue weighted by Gasteiger charge is -2.06. The van der Waals surface area contributed by atoms with Crippen LogP contribution in [0.15, 0.2) is 24.3 Å². The van der Waals surface area contributed by atoms with Gasteiger partial charge < -0.3 is 15.5 Å². The summed E-state index contributed by atoms with van der Waals surface area (Å²) in [6.07, 6.45) is -1.63. The van der Waals surface area contributed by atoms with Crippen LogP contribution in [0, 0.1) is 0 Å². The highest BCUT2D eigenvalue weighted by Gasteiger charge is 2.19. The summed E-state index contributed by atoms with van der Waals surface area (Å²) in [5.74, 6) is -1.88. The van der Waals surface area contributed by atoms with E-state index in [4.69, 9.17) is 21.8 Å². The molecule has 0 aliphatic rings. The zero-order chi connectivity index (χ0) is 14.0. The Kier molecular flexibility index (Phi) is 4.04. The van der Waals surface area contributed by atoms with E-state index in [0.717, 1.165) is 10.1 Å². The van der Waals surface area contributed by atoms with Gasteiger partial charge in [-0.05, 0) is 6.07 Å². The number of amides is 1. The fourth-order valence-electron chi connectivity index (χ4n) is 1.52. The fourth-order valence-corrected chi connectivity index (χ4v) is 2.95. The topological polar surface area (TPSA) is 86.6 Å². The van der Waals surface area contributed by atoms with Crippen molar-refractivity contribution < 1.29 is 19.8 Å². The van der Waals surface area contributed by atoms with Crippen LogP contribution in [0.2, 0.25) is 5.02 Å². The van der Waals surface area contributed by atoms with Crippen LogP contribution >= 0.6 is 22.9 Å². The first kappa shape index (κ1) is 13.8. The van der Waals surface area contributed by atoms with E-state index in [0.29, 0.717) is 9.90 Å². The highest BCUT2D eigenvalue weighted by atomic mass is 35.5. The number of hydrogen-bond acceptors (Lipinski definition) is 4. The van der Waals surface area contributed by atoms with Crippen molar-refractivity contribution in [2.24, 2.45) is 0 Å². The molecular formula is C12H10ClNO4S. The first-order valence-electron chi connectivity index (χ1n) is 5.37. The maximum atomic E-state index is 11.9. The molecule has 1 heterocycles. The zero-order valence-electron chi connectivity index (χ0n) is 9.59. The molecule has 0 aliphatic heterocycles. The van der Waals surface area contributed by atoms with E-state index in [9.17, 15) is 9.59 Å². The molecule has 3 N–H and O–H groups in total. The Hall–Kier alpha value is -1.63. The van der Waals surface area contributed by atoms with Crippen LogP contribution in [0.1, 0.15) is 9.67 Å². The molecule has 2 aromatic rings. The molecule has 1 aromatic carbocycles. The number of aliphatic carboxylic acids is 1. The van der Waals surface area contributed by atoms with Gasteiger partial charge >= 0.3 is 5.97 Å². The summed E-state index contributed by atoms with van der Waals surface area (Å²) < 4.78 is 0.872. The van der Waals surface area contributed by atoms with E-state index in [1.807, 2.05) is 18.2 Å². The molecule has 0 bridgehead atoms. The van der Waals surface area contributed by atoms with Crippen molar-refractivity contribution in [1.29, 1.82) is 0 Å². The molecule has 0 saturated carbocycles. The van der Waals surface area contributed by atoms with Gasteiger partial charge in [-0.15, -0.1) is 11.3 Å². The van der Waals surface area contributed by atoms with E-state index >= 15 is 0 Å². The van der Waals surface area contributed by atoms with Gasteiger partial charge in [-0.3, -0.25) is 4.79 Å². The molecule has 0 fully saturated rings. The second-order valence-electron chi connectivity index (χ2n) is 3.81. The maximum absolute atomic E-state index is 11.9. The van der Waals surface area contributed by atoms with Gasteiger partial charge in [0, 0.05) is 10.1 Å². The lowest BCUT2D eigenvalue weighted by molar-refractivity contribution is -0.146. The number of carbonyl (C=O) groups excluding carboxylic acids is 1. The molecule has 2 rings (SSSR count). The van der Waals surface area contributed by atoms with Crippen LogP contribution in [-0.4, -0.2) is 34.7 Å². The quantitative estimate of drug-likeness (QED) is 0.802. The van der Waals surface area contributed by atoms with Gasteiger partial charge in [-0.2, -0.15) is 0 Å². The Balaban J connectivity index is 2.18. The van der Waals surface area contributed by atoms with Crippen LogP contribution in [0.5, 0.6) is 0 Å². The fraction of sp³-hybridized carbons (Fsp3) is 0.167. The zero-order valence-corrected chi connectivity index (χ0v) is 11.2. The van der Waals surface area contributed by atoms with Crippen molar-refractivity contribution in [2.75, 3.05) is 6.54 Å². The second-order valence-corrected chi connectivity index (χ2v) is 5.24. The van der Waals surface area contributed by atoms with Gasteiger partial charge in [-0.1, -0.05) is 29.8 Å². The molecular weight excluding hydrogens is 290 g/mol. The van der Waals surface area contributed by atoms with Crippen molar-refractivity contribution in [3.05, 3.63) is 34.2 Å². The van der Waals surface area contributed by atoms with Gasteiger partial charge in [0.1, 0.15) is 4.88 Å². The molecule has 0 unspecified atom stereocenters. The van der Waals surface area contributed by atoms with Crippen LogP contribution in [-0.2, 0) is 4.79 Å². The molecule has 1 atom stereocenters. The summed E-state index contributed by atoms with van der Waals surface area (Å²) in [6, 6.07) is 7.30. The van der Waals surface area contributed by atoms with Crippen molar-refractivity contribution in [3.8, 4) is 0 Å². The number of benzene rings is 1. The third-order valence-corrected chi connectivity index (χ3v) is 4.16. The van der Waals surface area contributed by atoms with Crippen molar-refractivity contribution in [3.63, 3.8) is 0 Å². The van der Waals surface area contributed by atoms with Gasteiger partial charge in [0.25, 0.3) is 5.91 Å². The average Bonchev–Trinajstić information content (AvgIpc) is 2.73. The first-order valence-corrected chi connectivity index (χ1v) is 6.56. The van der Waals surface area contributed by atoms with E-state index in [1.165, 1.54) is 11.3 Å². The molecule has 1 amide bonds. The highest BCUT2D eigenvalue weighted by Crippen LogP contribution is 2.34. The smallest absolute Gasteiger partial charge is 0.334 e. The minimum atomic E-state index is -1.63. The van der Waals surface area contributed by atoms with Gasteiger partial charge in [0.15, 0.2) is 6.10 Å². The summed E-state index contributed by atoms with van der Waals surface area (Å²) >= 11 is 7.32. The number of carbonyl (C=O) groups is 2. The minimum Gasteiger partial charge on any atom is -0.479 e. The average molecular weight is 300 g/mol. The van der Waals surface area contributed by atoms with Crippen LogP contribution in [0.3, 0.4) is 0 Å². The van der Waals surface area contributed by atoms with E-state index in [1.54, 1.807) is 6.07 Å². The monoisotopic (exact) mass is 299 g/mol. The molecule has 1 aromatic heterocycles.